The average Bonchev–Trinajstić information content (AvgIpc) is 3.58. The number of rotatable bonds is 90. The van der Waals surface area contributed by atoms with Crippen LogP contribution in [0.15, 0.2) is 0 Å². The summed E-state index contributed by atoms with van der Waals surface area (Å²) < 4.78 is 144. The van der Waals surface area contributed by atoms with Crippen molar-refractivity contribution in [2.24, 2.45) is 0 Å². The zero-order valence-corrected chi connectivity index (χ0v) is 58.0. The largest absolute Gasteiger partial charge is 0.394 e. The lowest BCUT2D eigenvalue weighted by atomic mass is 10.1. The van der Waals surface area contributed by atoms with Crippen LogP contribution in [-0.4, -0.2) is 355 Å². The summed E-state index contributed by atoms with van der Waals surface area (Å²) in [5.74, 6) is 0. The lowest BCUT2D eigenvalue weighted by molar-refractivity contribution is -0.0292. The molecule has 0 aliphatic heterocycles. The Morgan fingerprint density at radius 1 is 0.118 bits per heavy atom. The van der Waals surface area contributed by atoms with Gasteiger partial charge >= 0.3 is 0 Å². The monoisotopic (exact) mass is 1360 g/mol. The van der Waals surface area contributed by atoms with E-state index in [4.69, 9.17) is 128 Å². The second-order valence-corrected chi connectivity index (χ2v) is 20.5. The summed E-state index contributed by atoms with van der Waals surface area (Å²) in [6.45, 7) is 29.3. The maximum absolute atomic E-state index is 8.62. The van der Waals surface area contributed by atoms with E-state index in [0.29, 0.717) is 337 Å². The van der Waals surface area contributed by atoms with Gasteiger partial charge in [-0.15, -0.1) is 0 Å². The Bertz CT molecular complexity index is 1180. The molecule has 0 bridgehead atoms. The predicted octanol–water partition coefficient (Wildman–Crippen LogP) is 5.11. The molecule has 560 valence electrons. The molecule has 27 heteroatoms. The van der Waals surface area contributed by atoms with Crippen LogP contribution in [0, 0.1) is 0 Å². The standard InChI is InChI=1S/C66H134O27/c1-2-3-4-5-6-7-8-9-10-11-15-69-21-25-73-29-33-77-37-41-81-45-49-85-53-57-89-62-65-93-66-63-91-59-55-87-51-47-83-43-39-79-35-31-75-27-23-71-19-13-17-68-16-12-18-70-22-26-74-30-34-78-38-42-82-46-50-86-54-58-90-61-64-92-60-56-88-52-48-84-44-40-80-36-32-76-28-24-72-20-14-67/h67H,2-66H2,1H3. The van der Waals surface area contributed by atoms with Crippen LogP contribution in [0.5, 0.6) is 0 Å². The van der Waals surface area contributed by atoms with E-state index < -0.39 is 0 Å². The molecule has 0 aromatic heterocycles. The Morgan fingerprint density at radius 2 is 0.226 bits per heavy atom. The highest BCUT2D eigenvalue weighted by atomic mass is 16.6. The van der Waals surface area contributed by atoms with Gasteiger partial charge in [0.25, 0.3) is 0 Å². The minimum Gasteiger partial charge on any atom is -0.394 e. The number of unbranched alkanes of at least 4 members (excludes halogenated alkanes) is 9. The molecule has 0 amide bonds. The third kappa shape index (κ3) is 90.9. The fourth-order valence-electron chi connectivity index (χ4n) is 7.65. The topological polar surface area (TPSA) is 260 Å². The molecule has 0 aliphatic carbocycles. The summed E-state index contributed by atoms with van der Waals surface area (Å²) in [5, 5.41) is 8.62. The van der Waals surface area contributed by atoms with Crippen LogP contribution in [0.1, 0.15) is 84.0 Å². The maximum Gasteiger partial charge on any atom is 0.0701 e. The highest BCUT2D eigenvalue weighted by Crippen LogP contribution is 2.10. The fraction of sp³-hybridized carbons (Fsp3) is 1.00. The molecule has 0 radical (unpaired) electrons. The molecule has 0 saturated carbocycles. The third-order valence-electron chi connectivity index (χ3n) is 12.6. The number of hydrogen-bond donors (Lipinski definition) is 1. The van der Waals surface area contributed by atoms with E-state index >= 15 is 0 Å². The Hall–Kier alpha value is -1.08. The van der Waals surface area contributed by atoms with Gasteiger partial charge in [-0.25, -0.2) is 0 Å². The average molecular weight is 1360 g/mol. The molecular formula is C66H134O27. The highest BCUT2D eigenvalue weighted by Gasteiger charge is 2.02. The van der Waals surface area contributed by atoms with Crippen molar-refractivity contribution in [3.05, 3.63) is 0 Å². The van der Waals surface area contributed by atoms with E-state index in [1.54, 1.807) is 0 Å². The van der Waals surface area contributed by atoms with Gasteiger partial charge in [-0.3, -0.25) is 0 Å². The van der Waals surface area contributed by atoms with E-state index in [2.05, 4.69) is 6.92 Å². The third-order valence-corrected chi connectivity index (χ3v) is 12.6. The fourth-order valence-corrected chi connectivity index (χ4v) is 7.65. The van der Waals surface area contributed by atoms with Crippen LogP contribution in [-0.2, 0) is 123 Å². The van der Waals surface area contributed by atoms with E-state index in [1.807, 2.05) is 0 Å². The van der Waals surface area contributed by atoms with Gasteiger partial charge in [-0.2, -0.15) is 0 Å². The molecule has 0 aromatic carbocycles. The Kier molecular flexibility index (Phi) is 89.9. The molecule has 27 nitrogen and oxygen atoms in total. The van der Waals surface area contributed by atoms with E-state index in [9.17, 15) is 0 Å². The van der Waals surface area contributed by atoms with Crippen molar-refractivity contribution in [3.63, 3.8) is 0 Å². The molecule has 0 unspecified atom stereocenters. The number of hydrogen-bond acceptors (Lipinski definition) is 27. The van der Waals surface area contributed by atoms with Gasteiger partial charge in [0.1, 0.15) is 0 Å². The summed E-state index contributed by atoms with van der Waals surface area (Å²) in [6, 6.07) is 0. The van der Waals surface area contributed by atoms with Crippen molar-refractivity contribution in [3.8, 4) is 0 Å². The summed E-state index contributed by atoms with van der Waals surface area (Å²) >= 11 is 0. The highest BCUT2D eigenvalue weighted by molar-refractivity contribution is 4.49. The quantitative estimate of drug-likeness (QED) is 0.0776. The molecule has 93 heavy (non-hydrogen) atoms. The molecule has 0 atom stereocenters. The lowest BCUT2D eigenvalue weighted by Crippen LogP contribution is -2.15. The van der Waals surface area contributed by atoms with Gasteiger partial charge in [0, 0.05) is 33.0 Å². The van der Waals surface area contributed by atoms with E-state index in [0.717, 1.165) is 25.9 Å². The van der Waals surface area contributed by atoms with Crippen LogP contribution < -0.4 is 0 Å². The van der Waals surface area contributed by atoms with Crippen molar-refractivity contribution in [2.75, 3.05) is 350 Å². The predicted molar refractivity (Wildman–Crippen MR) is 349 cm³/mol. The van der Waals surface area contributed by atoms with Gasteiger partial charge in [-0.1, -0.05) is 64.7 Å². The molecule has 0 spiro atoms. The minimum atomic E-state index is 0.0184. The van der Waals surface area contributed by atoms with Crippen LogP contribution in [0.3, 0.4) is 0 Å². The molecule has 0 aliphatic rings. The second kappa shape index (κ2) is 90.9. The maximum atomic E-state index is 8.62. The zero-order valence-electron chi connectivity index (χ0n) is 58.0. The van der Waals surface area contributed by atoms with E-state index in [-0.39, 0.29) is 6.61 Å². The van der Waals surface area contributed by atoms with Crippen LogP contribution in [0.2, 0.25) is 0 Å². The smallest absolute Gasteiger partial charge is 0.0701 e. The number of aliphatic hydroxyl groups excluding tert-OH is 1. The van der Waals surface area contributed by atoms with Gasteiger partial charge in [0.2, 0.25) is 0 Å². The van der Waals surface area contributed by atoms with Crippen molar-refractivity contribution in [1.29, 1.82) is 0 Å². The molecule has 0 heterocycles. The van der Waals surface area contributed by atoms with Gasteiger partial charge in [0.05, 0.1) is 317 Å². The second-order valence-electron chi connectivity index (χ2n) is 20.5. The first kappa shape index (κ1) is 91.9. The van der Waals surface area contributed by atoms with Gasteiger partial charge < -0.3 is 128 Å². The number of ether oxygens (including phenoxy) is 26. The Morgan fingerprint density at radius 3 is 0.376 bits per heavy atom. The molecular weight excluding hydrogens is 1220 g/mol. The lowest BCUT2D eigenvalue weighted by Gasteiger charge is -2.09. The first-order chi connectivity index (χ1) is 46.4. The SMILES string of the molecule is CCCCCCCCCCCCOCCOCCOCCOCCOCCOCCOCCOCCOCCOCCOCCOCCOCCCOCCCOCCOCCOCCOCCOCCOCCOCCOCCOCCOCCOCCOCCO. The summed E-state index contributed by atoms with van der Waals surface area (Å²) in [5.41, 5.74) is 0. The van der Waals surface area contributed by atoms with Crippen molar-refractivity contribution in [2.45, 2.75) is 84.0 Å². The molecule has 0 fully saturated rings. The van der Waals surface area contributed by atoms with Crippen molar-refractivity contribution in [1.82, 2.24) is 0 Å². The zero-order chi connectivity index (χ0) is 66.3. The summed E-state index contributed by atoms with van der Waals surface area (Å²) in [7, 11) is 0. The van der Waals surface area contributed by atoms with Crippen LogP contribution in [0.4, 0.5) is 0 Å². The molecule has 1 N–H and O–H groups in total. The van der Waals surface area contributed by atoms with E-state index in [1.165, 1.54) is 57.8 Å². The molecule has 0 saturated heterocycles. The first-order valence-corrected chi connectivity index (χ1v) is 35.0. The minimum absolute atomic E-state index is 0.0184. The van der Waals surface area contributed by atoms with Crippen LogP contribution in [0.25, 0.3) is 0 Å². The van der Waals surface area contributed by atoms with Crippen molar-refractivity contribution < 1.29 is 128 Å². The Labute approximate surface area is 560 Å². The van der Waals surface area contributed by atoms with Crippen molar-refractivity contribution >= 4 is 0 Å². The van der Waals surface area contributed by atoms with Gasteiger partial charge in [-0.05, 0) is 19.3 Å². The van der Waals surface area contributed by atoms with Gasteiger partial charge in [0.15, 0.2) is 0 Å². The summed E-state index contributed by atoms with van der Waals surface area (Å²) in [4.78, 5) is 0. The molecule has 0 aromatic rings. The number of aliphatic hydroxyl groups is 1. The first-order valence-electron chi connectivity index (χ1n) is 35.0. The summed E-state index contributed by atoms with van der Waals surface area (Å²) in [6.07, 6.45) is 15.0. The normalized spacial score (nSPS) is 11.8. The molecule has 0 rings (SSSR count). The van der Waals surface area contributed by atoms with Crippen LogP contribution >= 0.6 is 0 Å². The Balaban J connectivity index is 3.09.